The van der Waals surface area contributed by atoms with Crippen LogP contribution in [0.5, 0.6) is 0 Å². The monoisotopic (exact) mass is 431 g/mol. The largest absolute Gasteiger partial charge is 0.506 e. The van der Waals surface area contributed by atoms with E-state index in [1.54, 1.807) is 18.2 Å². The third-order valence-corrected chi connectivity index (χ3v) is 6.37. The van der Waals surface area contributed by atoms with Gasteiger partial charge in [-0.05, 0) is 50.6 Å². The van der Waals surface area contributed by atoms with Gasteiger partial charge in [0.2, 0.25) is 11.5 Å². The number of allylic oxidation sites excluding steroid dienone is 3. The molecule has 2 aromatic rings. The van der Waals surface area contributed by atoms with Crippen molar-refractivity contribution in [3.8, 4) is 0 Å². The van der Waals surface area contributed by atoms with Crippen LogP contribution in [0.4, 0.5) is 11.4 Å². The van der Waals surface area contributed by atoms with Crippen LogP contribution in [0.3, 0.4) is 0 Å². The van der Waals surface area contributed by atoms with Crippen molar-refractivity contribution in [2.45, 2.75) is 26.2 Å². The van der Waals surface area contributed by atoms with Gasteiger partial charge in [-0.2, -0.15) is 4.58 Å². The maximum atomic E-state index is 13.0. The molecule has 164 valence electrons. The van der Waals surface area contributed by atoms with Crippen LogP contribution < -0.4 is 4.90 Å². The number of benzene rings is 2. The number of fused-ring (bicyclic) bond motifs is 1. The molecule has 1 aliphatic heterocycles. The zero-order valence-corrected chi connectivity index (χ0v) is 18.9. The third kappa shape index (κ3) is 3.14. The highest BCUT2D eigenvalue weighted by Crippen LogP contribution is 2.43. The molecule has 0 unspecified atom stereocenters. The van der Waals surface area contributed by atoms with Gasteiger partial charge in [-0.15, -0.1) is 0 Å². The quantitative estimate of drug-likeness (QED) is 0.544. The van der Waals surface area contributed by atoms with Crippen molar-refractivity contribution < 1.29 is 24.4 Å². The van der Waals surface area contributed by atoms with Gasteiger partial charge in [-0.25, -0.2) is 4.79 Å². The Bertz CT molecular complexity index is 1250. The van der Waals surface area contributed by atoms with E-state index in [1.165, 1.54) is 0 Å². The van der Waals surface area contributed by atoms with E-state index >= 15 is 0 Å². The molecule has 0 amide bonds. The molecule has 0 spiro atoms. The minimum absolute atomic E-state index is 0.00543. The number of hydrogen-bond donors (Lipinski definition) is 2. The molecule has 0 saturated heterocycles. The van der Waals surface area contributed by atoms with Crippen LogP contribution in [0.15, 0.2) is 59.9 Å². The first-order valence-corrected chi connectivity index (χ1v) is 10.6. The second-order valence-electron chi connectivity index (χ2n) is 8.84. The summed E-state index contributed by atoms with van der Waals surface area (Å²) in [6.45, 7) is 6.67. The lowest BCUT2D eigenvalue weighted by molar-refractivity contribution is -0.433. The maximum absolute atomic E-state index is 13.0. The van der Waals surface area contributed by atoms with Gasteiger partial charge in [0.25, 0.3) is 0 Å². The standard InChI is InChI=1S/C26H26N2O4/c1-6-28-20-12-9-16(25(31)32)13-19(20)26(2,3)21(28)14-18-23(29)22(24(18)30)15-7-10-17(11-8-15)27(4)5/h7-14H,6H2,1-5H3,(H-,29,30,31,32)/p+1. The molecule has 1 aliphatic carbocycles. The molecule has 2 N–H and O–H groups in total. The summed E-state index contributed by atoms with van der Waals surface area (Å²) in [5, 5.41) is 20.2. The maximum Gasteiger partial charge on any atom is 0.335 e. The van der Waals surface area contributed by atoms with Gasteiger partial charge in [-0.3, -0.25) is 4.79 Å². The molecule has 0 fully saturated rings. The topological polar surface area (TPSA) is 80.8 Å². The van der Waals surface area contributed by atoms with Crippen LogP contribution >= 0.6 is 0 Å². The van der Waals surface area contributed by atoms with E-state index in [2.05, 4.69) is 4.58 Å². The lowest BCUT2D eigenvalue weighted by Gasteiger charge is -2.23. The number of ketones is 1. The van der Waals surface area contributed by atoms with Crippen molar-refractivity contribution in [3.63, 3.8) is 0 Å². The summed E-state index contributed by atoms with van der Waals surface area (Å²) in [4.78, 5) is 26.4. The molecule has 0 radical (unpaired) electrons. The van der Waals surface area contributed by atoms with Crippen molar-refractivity contribution in [3.05, 3.63) is 76.6 Å². The van der Waals surface area contributed by atoms with Crippen LogP contribution in [-0.4, -0.2) is 52.9 Å². The smallest absolute Gasteiger partial charge is 0.335 e. The van der Waals surface area contributed by atoms with Gasteiger partial charge in [-0.1, -0.05) is 12.1 Å². The molecule has 2 aromatic carbocycles. The average Bonchev–Trinajstić information content (AvgIpc) is 2.97. The molecule has 4 rings (SSSR count). The van der Waals surface area contributed by atoms with E-state index in [0.29, 0.717) is 17.7 Å². The average molecular weight is 432 g/mol. The zero-order valence-electron chi connectivity index (χ0n) is 18.9. The molecule has 0 atom stereocenters. The highest BCUT2D eigenvalue weighted by Gasteiger charge is 2.46. The van der Waals surface area contributed by atoms with E-state index in [4.69, 9.17) is 0 Å². The summed E-state index contributed by atoms with van der Waals surface area (Å²) in [5.74, 6) is -1.17. The van der Waals surface area contributed by atoms with Crippen molar-refractivity contribution in [1.82, 2.24) is 0 Å². The normalized spacial score (nSPS) is 18.2. The lowest BCUT2D eigenvalue weighted by Crippen LogP contribution is -2.31. The molecule has 0 aromatic heterocycles. The predicted molar refractivity (Wildman–Crippen MR) is 125 cm³/mol. The van der Waals surface area contributed by atoms with Gasteiger partial charge in [0, 0.05) is 37.5 Å². The molecular formula is C26H27N2O4+. The number of carboxylic acid groups (broad SMARTS) is 1. The molecule has 0 bridgehead atoms. The Kier molecular flexibility index (Phi) is 5.04. The number of hydrogen-bond acceptors (Lipinski definition) is 4. The van der Waals surface area contributed by atoms with E-state index in [0.717, 1.165) is 22.6 Å². The second kappa shape index (κ2) is 7.48. The number of Topliss-reactive ketones (excluding diaryl/α,β-unsaturated/α-hetero) is 1. The Morgan fingerprint density at radius 2 is 1.78 bits per heavy atom. The first kappa shape index (κ1) is 21.6. The summed E-state index contributed by atoms with van der Waals surface area (Å²) >= 11 is 0. The highest BCUT2D eigenvalue weighted by atomic mass is 16.4. The fourth-order valence-corrected chi connectivity index (χ4v) is 4.50. The fourth-order valence-electron chi connectivity index (χ4n) is 4.50. The fraction of sp³-hybridized carbons (Fsp3) is 0.269. The number of anilines is 1. The summed E-state index contributed by atoms with van der Waals surface area (Å²) in [6, 6.07) is 12.6. The third-order valence-electron chi connectivity index (χ3n) is 6.37. The van der Waals surface area contributed by atoms with Gasteiger partial charge < -0.3 is 15.1 Å². The number of aromatic carboxylic acids is 1. The van der Waals surface area contributed by atoms with Crippen molar-refractivity contribution in [2.75, 3.05) is 25.5 Å². The molecule has 0 saturated carbocycles. The van der Waals surface area contributed by atoms with Crippen LogP contribution in [-0.2, 0) is 10.2 Å². The molecular weight excluding hydrogens is 404 g/mol. The van der Waals surface area contributed by atoms with Gasteiger partial charge in [0.05, 0.1) is 22.1 Å². The van der Waals surface area contributed by atoms with Crippen LogP contribution in [0.1, 0.15) is 42.3 Å². The number of nitrogens with zero attached hydrogens (tertiary/aromatic N) is 2. The van der Waals surface area contributed by atoms with Crippen LogP contribution in [0.2, 0.25) is 0 Å². The van der Waals surface area contributed by atoms with Crippen molar-refractivity contribution in [2.24, 2.45) is 0 Å². The van der Waals surface area contributed by atoms with Crippen molar-refractivity contribution in [1.29, 1.82) is 0 Å². The molecule has 2 aliphatic rings. The summed E-state index contributed by atoms with van der Waals surface area (Å²) < 4.78 is 2.07. The highest BCUT2D eigenvalue weighted by molar-refractivity contribution is 6.40. The molecule has 32 heavy (non-hydrogen) atoms. The van der Waals surface area contributed by atoms with Gasteiger partial charge >= 0.3 is 5.97 Å². The lowest BCUT2D eigenvalue weighted by atomic mass is 9.77. The number of rotatable bonds is 5. The Balaban J connectivity index is 1.76. The molecule has 6 nitrogen and oxygen atoms in total. The minimum atomic E-state index is -0.974. The van der Waals surface area contributed by atoms with E-state index < -0.39 is 11.4 Å². The Hall–Kier alpha value is -3.67. The minimum Gasteiger partial charge on any atom is -0.506 e. The van der Waals surface area contributed by atoms with Crippen molar-refractivity contribution >= 4 is 34.4 Å². The van der Waals surface area contributed by atoms with Crippen LogP contribution in [0, 0.1) is 0 Å². The SMILES string of the molecule is CC[N+]1=C(C=C2C(=O)C(c3ccc(N(C)C)cc3)=C2O)C(C)(C)c2cc(C(=O)O)ccc21. The number of carbonyl (C=O) groups is 2. The van der Waals surface area contributed by atoms with E-state index in [9.17, 15) is 19.8 Å². The number of carboxylic acids is 1. The summed E-state index contributed by atoms with van der Waals surface area (Å²) in [5.41, 5.74) is 4.68. The summed E-state index contributed by atoms with van der Waals surface area (Å²) in [7, 11) is 3.89. The Morgan fingerprint density at radius 1 is 1.12 bits per heavy atom. The first-order chi connectivity index (χ1) is 15.1. The molecule has 1 heterocycles. The zero-order chi connectivity index (χ0) is 23.4. The summed E-state index contributed by atoms with van der Waals surface area (Å²) in [6.07, 6.45) is 1.75. The van der Waals surface area contributed by atoms with Gasteiger partial charge in [0.15, 0.2) is 5.71 Å². The van der Waals surface area contributed by atoms with E-state index in [1.807, 2.05) is 70.1 Å². The number of aliphatic hydroxyl groups excluding tert-OH is 1. The van der Waals surface area contributed by atoms with Gasteiger partial charge in [0.1, 0.15) is 12.3 Å². The van der Waals surface area contributed by atoms with E-state index in [-0.39, 0.29) is 22.7 Å². The second-order valence-corrected chi connectivity index (χ2v) is 8.84. The van der Waals surface area contributed by atoms with Crippen LogP contribution in [0.25, 0.3) is 5.57 Å². The Morgan fingerprint density at radius 3 is 2.31 bits per heavy atom. The number of carbonyl (C=O) groups excluding carboxylic acids is 1. The number of aliphatic hydroxyl groups is 1. The first-order valence-electron chi connectivity index (χ1n) is 10.6. The predicted octanol–water partition coefficient (Wildman–Crippen LogP) is 4.33. The Labute approximate surface area is 187 Å². The molecule has 6 heteroatoms.